The van der Waals surface area contributed by atoms with Crippen molar-refractivity contribution in [3.63, 3.8) is 0 Å². The van der Waals surface area contributed by atoms with Crippen molar-refractivity contribution in [3.8, 4) is 0 Å². The van der Waals surface area contributed by atoms with Gasteiger partial charge in [0.1, 0.15) is 0 Å². The number of carboxylic acid groups (broad SMARTS) is 1. The summed E-state index contributed by atoms with van der Waals surface area (Å²) in [4.78, 5) is 17.6. The van der Waals surface area contributed by atoms with Crippen LogP contribution in [0.15, 0.2) is 0 Å². The number of hydrogen-bond donors (Lipinski definition) is 3. The van der Waals surface area contributed by atoms with Crippen LogP contribution in [0.25, 0.3) is 0 Å². The Bertz CT molecular complexity index is 82.9. The van der Waals surface area contributed by atoms with Gasteiger partial charge in [-0.05, 0) is 0 Å². The molecule has 5 nitrogen and oxygen atoms in total. The van der Waals surface area contributed by atoms with Gasteiger partial charge in [-0.25, -0.2) is 0 Å². The Balaban J connectivity index is -0.00000000565. The van der Waals surface area contributed by atoms with Gasteiger partial charge in [-0.15, -0.1) is 0 Å². The maximum absolute atomic E-state index is 9.00. The molecule has 0 aliphatic heterocycles. The van der Waals surface area contributed by atoms with Crippen molar-refractivity contribution in [1.29, 1.82) is 0 Å². The average Bonchev–Trinajstić information content (AvgIpc) is 1.71. The topological polar surface area (TPSA) is 101 Å². The zero-order valence-corrected chi connectivity index (χ0v) is 11.6. The molecule has 0 fully saturated rings. The first-order valence-corrected chi connectivity index (χ1v) is 2.00. The fourth-order valence-corrected chi connectivity index (χ4v) is 0. The first kappa shape index (κ1) is 29.4. The minimum absolute atomic E-state index is 0. The van der Waals surface area contributed by atoms with E-state index in [4.69, 9.17) is 19.4 Å². The molecule has 0 aromatic rings. The van der Waals surface area contributed by atoms with Crippen LogP contribution < -0.4 is 24.6 Å². The van der Waals surface area contributed by atoms with Crippen molar-refractivity contribution in [2.75, 3.05) is 0 Å². The molecule has 0 bridgehead atoms. The number of hydrogen-bond acceptors (Lipinski definition) is 3. The monoisotopic (exact) mass is 305 g/mol. The normalized spacial score (nSPS) is 3.91. The van der Waals surface area contributed by atoms with Gasteiger partial charge >= 0.3 is 67.7 Å². The maximum atomic E-state index is 9.00. The maximum Gasteiger partial charge on any atom is 2.00 e. The summed E-state index contributed by atoms with van der Waals surface area (Å²) >= 11 is 3.64. The van der Waals surface area contributed by atoms with E-state index in [0.29, 0.717) is 0 Å². The van der Waals surface area contributed by atoms with Gasteiger partial charge in [0.2, 0.25) is 6.41 Å². The van der Waals surface area contributed by atoms with E-state index in [1.54, 1.807) is 0 Å². The molecule has 11 heavy (non-hydrogen) atoms. The summed E-state index contributed by atoms with van der Waals surface area (Å²) in [7, 11) is 0. The van der Waals surface area contributed by atoms with Gasteiger partial charge < -0.3 is 15.1 Å². The fraction of sp³-hybridized carbons (Fsp3) is 0.333. The van der Waals surface area contributed by atoms with Gasteiger partial charge in [-0.1, -0.05) is 0 Å². The molecule has 0 saturated carbocycles. The number of primary amides is 1. The number of rotatable bonds is 0. The van der Waals surface area contributed by atoms with Crippen molar-refractivity contribution in [2.24, 2.45) is 5.73 Å². The van der Waals surface area contributed by atoms with Gasteiger partial charge in [0.05, 0.1) is 11.9 Å². The SMILES string of the molecule is CC(=O)O.NC=O.OCl.[Ba+2].[H-].[H-].[H-].[Li+]. The quantitative estimate of drug-likeness (QED) is 0.316. The Labute approximate surface area is 127 Å². The van der Waals surface area contributed by atoms with Gasteiger partial charge in [0.25, 0.3) is 5.97 Å². The molecular weight excluding hydrogens is 294 g/mol. The number of amides is 1. The van der Waals surface area contributed by atoms with Gasteiger partial charge in [0.15, 0.2) is 0 Å². The molecule has 0 aliphatic rings. The van der Waals surface area contributed by atoms with Crippen LogP contribution in [0, 0.1) is 0 Å². The van der Waals surface area contributed by atoms with Crippen LogP contribution in [0.5, 0.6) is 0 Å². The average molecular weight is 305 g/mol. The van der Waals surface area contributed by atoms with E-state index in [-0.39, 0.29) is 78.4 Å². The van der Waals surface area contributed by atoms with Crippen LogP contribution in [0.4, 0.5) is 0 Å². The Morgan fingerprint density at radius 3 is 1.64 bits per heavy atom. The summed E-state index contributed by atoms with van der Waals surface area (Å²) in [5, 5.41) is 7.42. The molecule has 4 N–H and O–H groups in total. The second-order valence-electron chi connectivity index (χ2n) is 0.655. The number of nitrogens with two attached hydrogens (primary N) is 1. The van der Waals surface area contributed by atoms with E-state index in [1.807, 2.05) is 0 Å². The Kier molecular flexibility index (Phi) is 114. The molecule has 0 atom stereocenters. The molecule has 1 amide bonds. The number of aliphatic carboxylic acids is 1. The van der Waals surface area contributed by atoms with Gasteiger partial charge in [-0.2, -0.15) is 0 Å². The van der Waals surface area contributed by atoms with E-state index in [9.17, 15) is 0 Å². The smallest absolute Gasteiger partial charge is 1.00 e. The largest absolute Gasteiger partial charge is 2.00 e. The van der Waals surface area contributed by atoms with E-state index >= 15 is 0 Å². The van der Waals surface area contributed by atoms with Gasteiger partial charge in [-0.3, -0.25) is 14.2 Å². The van der Waals surface area contributed by atoms with Crippen molar-refractivity contribution < 1.29 is 42.5 Å². The van der Waals surface area contributed by atoms with Crippen LogP contribution >= 0.6 is 11.9 Å². The molecule has 0 aromatic heterocycles. The molecular formula is C3H11BaClLiNO4. The predicted molar refractivity (Wildman–Crippen MR) is 40.7 cm³/mol. The fourth-order valence-electron chi connectivity index (χ4n) is 0. The molecule has 0 unspecified atom stereocenters. The van der Waals surface area contributed by atoms with E-state index < -0.39 is 5.97 Å². The van der Waals surface area contributed by atoms with E-state index in [2.05, 4.69) is 17.6 Å². The van der Waals surface area contributed by atoms with Gasteiger partial charge in [0, 0.05) is 6.92 Å². The van der Waals surface area contributed by atoms with Crippen molar-refractivity contribution >= 4 is 73.1 Å². The molecule has 0 aliphatic carbocycles. The van der Waals surface area contributed by atoms with Crippen LogP contribution in [0.1, 0.15) is 11.2 Å². The zero-order valence-electron chi connectivity index (χ0n) is 9.45. The summed E-state index contributed by atoms with van der Waals surface area (Å²) in [6, 6.07) is 0. The summed E-state index contributed by atoms with van der Waals surface area (Å²) < 4.78 is 6.47. The Hall–Kier alpha value is 1.36. The number of carbonyl (C=O) groups excluding carboxylic acids is 1. The second kappa shape index (κ2) is 42.4. The Morgan fingerprint density at radius 1 is 1.64 bits per heavy atom. The third-order valence-corrected chi connectivity index (χ3v) is 0. The van der Waals surface area contributed by atoms with Crippen molar-refractivity contribution in [3.05, 3.63) is 0 Å². The number of halogens is 1. The standard InChI is InChI=1S/C2H4O2.CH3NO.Ba.ClHO.Li.3H/c1-2(3)4;2-1-3;;1-2;;;;/h1H3,(H,3,4);1H,(H2,2,3);;2H;;;;/q;;+2;;+1;3*-1. The van der Waals surface area contributed by atoms with E-state index in [1.165, 1.54) is 0 Å². The summed E-state index contributed by atoms with van der Waals surface area (Å²) in [6.45, 7) is 1.08. The minimum Gasteiger partial charge on any atom is -1.00 e. The molecule has 0 heterocycles. The third-order valence-electron chi connectivity index (χ3n) is 0. The van der Waals surface area contributed by atoms with Crippen LogP contribution in [0.3, 0.4) is 0 Å². The predicted octanol–water partition coefficient (Wildman–Crippen LogP) is -3.71. The summed E-state index contributed by atoms with van der Waals surface area (Å²) in [6.07, 6.45) is 0.250. The Morgan fingerprint density at radius 2 is 1.64 bits per heavy atom. The second-order valence-corrected chi connectivity index (χ2v) is 0.655. The third kappa shape index (κ3) is 539. The molecule has 0 aromatic carbocycles. The number of carboxylic acids is 1. The first-order valence-electron chi connectivity index (χ1n) is 1.67. The number of carbonyl (C=O) groups is 2. The van der Waals surface area contributed by atoms with Crippen LogP contribution in [0.2, 0.25) is 0 Å². The summed E-state index contributed by atoms with van der Waals surface area (Å²) in [5.74, 6) is -0.833. The molecule has 0 radical (unpaired) electrons. The van der Waals surface area contributed by atoms with Crippen molar-refractivity contribution in [1.82, 2.24) is 0 Å². The molecule has 0 spiro atoms. The first-order chi connectivity index (χ1) is 4.15. The van der Waals surface area contributed by atoms with E-state index in [0.717, 1.165) is 6.92 Å². The van der Waals surface area contributed by atoms with Crippen LogP contribution in [-0.2, 0) is 9.59 Å². The molecule has 0 rings (SSSR count). The molecule has 62 valence electrons. The molecule has 8 heteroatoms. The van der Waals surface area contributed by atoms with Crippen LogP contribution in [-0.4, -0.2) is 71.0 Å². The molecule has 0 saturated heterocycles. The minimum atomic E-state index is -0.833. The zero-order chi connectivity index (χ0) is 8.28. The van der Waals surface area contributed by atoms with Crippen molar-refractivity contribution in [2.45, 2.75) is 6.92 Å². The summed E-state index contributed by atoms with van der Waals surface area (Å²) in [5.41, 5.74) is 4.17.